The number of nitrogens with zero attached hydrogens (tertiary/aromatic N) is 2. The maximum Gasteiger partial charge on any atom is 0.282 e. The Morgan fingerprint density at radius 1 is 0.778 bits per heavy atom. The molecule has 0 aliphatic carbocycles. The number of carbonyl (C=O) groups is 2. The van der Waals surface area contributed by atoms with E-state index in [0.29, 0.717) is 31.9 Å². The van der Waals surface area contributed by atoms with Crippen molar-refractivity contribution in [1.29, 1.82) is 0 Å². The molecule has 2 amide bonds. The van der Waals surface area contributed by atoms with Crippen molar-refractivity contribution in [2.45, 2.75) is 0 Å². The molecule has 0 spiro atoms. The lowest BCUT2D eigenvalue weighted by Gasteiger charge is -2.29. The zero-order valence-corrected chi connectivity index (χ0v) is 14.3. The Labute approximate surface area is 154 Å². The van der Waals surface area contributed by atoms with E-state index in [1.54, 1.807) is 0 Å². The summed E-state index contributed by atoms with van der Waals surface area (Å²) in [6.07, 6.45) is 0. The van der Waals surface area contributed by atoms with Crippen molar-refractivity contribution < 1.29 is 23.1 Å². The summed E-state index contributed by atoms with van der Waals surface area (Å²) in [4.78, 5) is 29.1. The van der Waals surface area contributed by atoms with Crippen LogP contribution in [0.2, 0.25) is 0 Å². The van der Waals surface area contributed by atoms with E-state index in [1.807, 2.05) is 4.90 Å². The predicted molar refractivity (Wildman–Crippen MR) is 94.6 cm³/mol. The average molecular weight is 370 g/mol. The fourth-order valence-electron chi connectivity index (χ4n) is 3.30. The van der Waals surface area contributed by atoms with Crippen LogP contribution >= 0.6 is 0 Å². The number of benzene rings is 2. The number of carbonyl (C=O) groups excluding carboxylic acids is 2. The number of halogens is 2. The van der Waals surface area contributed by atoms with Gasteiger partial charge in [0.2, 0.25) is 0 Å². The van der Waals surface area contributed by atoms with Crippen molar-refractivity contribution in [2.24, 2.45) is 0 Å². The molecule has 4 rings (SSSR count). The maximum absolute atomic E-state index is 13.3. The summed E-state index contributed by atoms with van der Waals surface area (Å²) in [6.45, 7) is 1.82. The van der Waals surface area contributed by atoms with E-state index >= 15 is 0 Å². The second-order valence-corrected chi connectivity index (χ2v) is 6.25. The number of morpholine rings is 1. The van der Waals surface area contributed by atoms with Crippen molar-refractivity contribution in [2.75, 3.05) is 31.2 Å². The van der Waals surface area contributed by atoms with Gasteiger partial charge in [-0.15, -0.1) is 0 Å². The number of hydrogen-bond acceptors (Lipinski definition) is 4. The lowest BCUT2D eigenvalue weighted by Crippen LogP contribution is -2.40. The van der Waals surface area contributed by atoms with Crippen LogP contribution in [0.4, 0.5) is 14.5 Å². The van der Waals surface area contributed by atoms with Gasteiger partial charge in [-0.1, -0.05) is 12.1 Å². The first kappa shape index (κ1) is 17.4. The molecule has 0 atom stereocenters. The van der Waals surface area contributed by atoms with Gasteiger partial charge in [-0.2, -0.15) is 0 Å². The third-order valence-corrected chi connectivity index (χ3v) is 4.60. The van der Waals surface area contributed by atoms with Crippen LogP contribution in [0.5, 0.6) is 0 Å². The summed E-state index contributed by atoms with van der Waals surface area (Å²) in [6, 6.07) is 10.6. The number of anilines is 1. The van der Waals surface area contributed by atoms with Crippen LogP contribution in [-0.4, -0.2) is 43.0 Å². The molecule has 1 saturated heterocycles. The molecule has 0 aromatic heterocycles. The van der Waals surface area contributed by atoms with Crippen LogP contribution in [0.1, 0.15) is 5.56 Å². The van der Waals surface area contributed by atoms with Gasteiger partial charge in [0.15, 0.2) is 0 Å². The van der Waals surface area contributed by atoms with E-state index in [4.69, 9.17) is 4.74 Å². The summed E-state index contributed by atoms with van der Waals surface area (Å²) in [7, 11) is 0. The topological polar surface area (TPSA) is 49.9 Å². The Kier molecular flexibility index (Phi) is 4.45. The minimum Gasteiger partial charge on any atom is -0.378 e. The highest BCUT2D eigenvalue weighted by Crippen LogP contribution is 2.35. The van der Waals surface area contributed by atoms with Crippen molar-refractivity contribution in [3.8, 4) is 0 Å². The second-order valence-electron chi connectivity index (χ2n) is 6.25. The summed E-state index contributed by atoms with van der Waals surface area (Å²) >= 11 is 0. The second kappa shape index (κ2) is 6.92. The van der Waals surface area contributed by atoms with Gasteiger partial charge >= 0.3 is 0 Å². The Morgan fingerprint density at radius 3 is 1.93 bits per heavy atom. The molecule has 27 heavy (non-hydrogen) atoms. The molecule has 0 saturated carbocycles. The number of rotatable bonds is 3. The molecule has 2 aromatic carbocycles. The first-order valence-corrected chi connectivity index (χ1v) is 8.53. The van der Waals surface area contributed by atoms with Crippen LogP contribution < -0.4 is 4.90 Å². The molecular weight excluding hydrogens is 354 g/mol. The molecule has 1 fully saturated rings. The lowest BCUT2D eigenvalue weighted by molar-refractivity contribution is -0.121. The summed E-state index contributed by atoms with van der Waals surface area (Å²) < 4.78 is 31.9. The molecule has 2 aromatic rings. The standard InChI is InChI=1S/C20H16F2N2O3/c21-14-3-1-13(2-4-14)17-18(23-9-11-27-12-10-23)20(26)24(19(17)25)16-7-5-15(22)6-8-16/h1-8H,9-12H2. The smallest absolute Gasteiger partial charge is 0.282 e. The highest BCUT2D eigenvalue weighted by Gasteiger charge is 2.42. The largest absolute Gasteiger partial charge is 0.378 e. The number of amides is 2. The molecule has 0 N–H and O–H groups in total. The molecule has 138 valence electrons. The lowest BCUT2D eigenvalue weighted by atomic mass is 10.0. The molecule has 5 nitrogen and oxygen atoms in total. The van der Waals surface area contributed by atoms with Crippen LogP contribution in [0.15, 0.2) is 54.2 Å². The van der Waals surface area contributed by atoms with Crippen molar-refractivity contribution in [3.05, 3.63) is 71.4 Å². The van der Waals surface area contributed by atoms with E-state index < -0.39 is 23.4 Å². The van der Waals surface area contributed by atoms with E-state index in [1.165, 1.54) is 48.5 Å². The SMILES string of the molecule is O=C1C(c2ccc(F)cc2)=C(N2CCOCC2)C(=O)N1c1ccc(F)cc1. The van der Waals surface area contributed by atoms with Crippen molar-refractivity contribution in [3.63, 3.8) is 0 Å². The van der Waals surface area contributed by atoms with Gasteiger partial charge in [-0.3, -0.25) is 9.59 Å². The normalized spacial score (nSPS) is 17.9. The van der Waals surface area contributed by atoms with Gasteiger partial charge in [0.1, 0.15) is 17.3 Å². The third-order valence-electron chi connectivity index (χ3n) is 4.60. The zero-order valence-electron chi connectivity index (χ0n) is 14.3. The minimum atomic E-state index is -0.514. The molecule has 7 heteroatoms. The van der Waals surface area contributed by atoms with Gasteiger partial charge in [0.25, 0.3) is 11.8 Å². The summed E-state index contributed by atoms with van der Waals surface area (Å²) in [5.41, 5.74) is 1.22. The van der Waals surface area contributed by atoms with E-state index in [2.05, 4.69) is 0 Å². The van der Waals surface area contributed by atoms with E-state index in [9.17, 15) is 18.4 Å². The van der Waals surface area contributed by atoms with Gasteiger partial charge in [0.05, 0.1) is 24.5 Å². The maximum atomic E-state index is 13.3. The van der Waals surface area contributed by atoms with Crippen molar-refractivity contribution >= 4 is 23.1 Å². The van der Waals surface area contributed by atoms with Gasteiger partial charge in [-0.05, 0) is 42.0 Å². The fourth-order valence-corrected chi connectivity index (χ4v) is 3.30. The monoisotopic (exact) mass is 370 g/mol. The fraction of sp³-hybridized carbons (Fsp3) is 0.200. The zero-order chi connectivity index (χ0) is 19.0. The van der Waals surface area contributed by atoms with Crippen molar-refractivity contribution in [1.82, 2.24) is 4.90 Å². The van der Waals surface area contributed by atoms with E-state index in [0.717, 1.165) is 4.90 Å². The molecule has 2 aliphatic rings. The van der Waals surface area contributed by atoms with Crippen LogP contribution in [0.3, 0.4) is 0 Å². The molecule has 0 radical (unpaired) electrons. The highest BCUT2D eigenvalue weighted by atomic mass is 19.1. The van der Waals surface area contributed by atoms with Gasteiger partial charge in [0, 0.05) is 13.1 Å². The summed E-state index contributed by atoms with van der Waals surface area (Å²) in [5, 5.41) is 0. The number of ether oxygens (including phenoxy) is 1. The molecule has 2 heterocycles. The first-order chi connectivity index (χ1) is 13.1. The third kappa shape index (κ3) is 3.10. The Hall–Kier alpha value is -3.06. The molecule has 0 unspecified atom stereocenters. The molecular formula is C20H16F2N2O3. The number of imide groups is 1. The quantitative estimate of drug-likeness (QED) is 0.780. The van der Waals surface area contributed by atoms with Crippen LogP contribution in [0.25, 0.3) is 5.57 Å². The van der Waals surface area contributed by atoms with Gasteiger partial charge < -0.3 is 9.64 Å². The number of hydrogen-bond donors (Lipinski definition) is 0. The minimum absolute atomic E-state index is 0.214. The first-order valence-electron chi connectivity index (χ1n) is 8.53. The molecule has 2 aliphatic heterocycles. The van der Waals surface area contributed by atoms with E-state index in [-0.39, 0.29) is 17.0 Å². The van der Waals surface area contributed by atoms with Gasteiger partial charge in [-0.25, -0.2) is 13.7 Å². The Balaban J connectivity index is 1.81. The summed E-state index contributed by atoms with van der Waals surface area (Å²) in [5.74, 6) is -1.88. The predicted octanol–water partition coefficient (Wildman–Crippen LogP) is 2.58. The highest BCUT2D eigenvalue weighted by molar-refractivity contribution is 6.45. The Bertz CT molecular complexity index is 917. The van der Waals surface area contributed by atoms with Crippen LogP contribution in [-0.2, 0) is 14.3 Å². The molecule has 0 bridgehead atoms. The average Bonchev–Trinajstić information content (AvgIpc) is 2.94. The van der Waals surface area contributed by atoms with Crippen LogP contribution in [0, 0.1) is 11.6 Å². The Morgan fingerprint density at radius 2 is 1.33 bits per heavy atom.